The Morgan fingerprint density at radius 3 is 1.85 bits per heavy atom. The van der Waals surface area contributed by atoms with Gasteiger partial charge in [0.15, 0.2) is 0 Å². The summed E-state index contributed by atoms with van der Waals surface area (Å²) in [7, 11) is 0. The maximum absolute atomic E-state index is 4.71. The summed E-state index contributed by atoms with van der Waals surface area (Å²) in [4.78, 5) is 14.0. The zero-order chi connectivity index (χ0) is 21.8. The van der Waals surface area contributed by atoms with E-state index in [4.69, 9.17) is 4.99 Å². The lowest BCUT2D eigenvalue weighted by atomic mass is 10.1. The molecule has 6 heterocycles. The van der Waals surface area contributed by atoms with Gasteiger partial charge in [-0.05, 0) is 79.1 Å². The van der Waals surface area contributed by atoms with Crippen LogP contribution in [0.3, 0.4) is 0 Å². The highest BCUT2D eigenvalue weighted by atomic mass is 15.1. The first-order valence-electron chi connectivity index (χ1n) is 11.1. The Hall–Kier alpha value is -4.45. The number of nitrogens with zero attached hydrogens (tertiary/aromatic N) is 6. The predicted octanol–water partition coefficient (Wildman–Crippen LogP) is 5.80. The van der Waals surface area contributed by atoms with E-state index < -0.39 is 0 Å². The molecule has 33 heavy (non-hydrogen) atoms. The van der Waals surface area contributed by atoms with E-state index in [0.29, 0.717) is 0 Å². The van der Waals surface area contributed by atoms with Crippen LogP contribution >= 0.6 is 0 Å². The number of hydrogen-bond donors (Lipinski definition) is 0. The molecule has 0 unspecified atom stereocenters. The Kier molecular flexibility index (Phi) is 3.87. The number of aryl methyl sites for hydroxylation is 1. The smallest absolute Gasteiger partial charge is 0.144 e. The van der Waals surface area contributed by atoms with E-state index in [1.54, 1.807) is 0 Å². The highest BCUT2D eigenvalue weighted by Crippen LogP contribution is 2.32. The fraction of sp³-hybridized carbons (Fsp3) is 0.0741. The van der Waals surface area contributed by atoms with Crippen molar-refractivity contribution >= 4 is 34.1 Å². The molecular formula is C27H20N6. The molecule has 6 nitrogen and oxygen atoms in total. The molecule has 0 spiro atoms. The van der Waals surface area contributed by atoms with Gasteiger partial charge in [-0.15, -0.1) is 0 Å². The molecular weight excluding hydrogens is 408 g/mol. The van der Waals surface area contributed by atoms with Gasteiger partial charge in [0.2, 0.25) is 0 Å². The standard InChI is InChI=1S/C27H20N6/c1-4-19-7-13-31(25(19)28-10-1)22-16-23(32-14-8-20-5-2-11-29-26(20)32)18-24(17-22)33-15-9-21-6-3-12-30-27(21)33/h1-2,4-5,7-18H,3,6H2. The normalized spacial score (nSPS) is 13.1. The van der Waals surface area contributed by atoms with Crippen molar-refractivity contribution < 1.29 is 0 Å². The van der Waals surface area contributed by atoms with Gasteiger partial charge in [-0.25, -0.2) is 15.0 Å². The second-order valence-corrected chi connectivity index (χ2v) is 8.30. The number of pyridine rings is 2. The van der Waals surface area contributed by atoms with Gasteiger partial charge >= 0.3 is 0 Å². The van der Waals surface area contributed by atoms with E-state index >= 15 is 0 Å². The first kappa shape index (κ1) is 18.2. The summed E-state index contributed by atoms with van der Waals surface area (Å²) in [5, 5.41) is 2.22. The van der Waals surface area contributed by atoms with Crippen molar-refractivity contribution in [3.8, 4) is 17.1 Å². The summed E-state index contributed by atoms with van der Waals surface area (Å²) in [6.45, 7) is 0. The van der Waals surface area contributed by atoms with Gasteiger partial charge in [0.1, 0.15) is 17.1 Å². The van der Waals surface area contributed by atoms with E-state index in [2.05, 4.69) is 90.8 Å². The highest BCUT2D eigenvalue weighted by Gasteiger charge is 2.16. The Bertz CT molecular complexity index is 1590. The van der Waals surface area contributed by atoms with Crippen LogP contribution < -0.4 is 0 Å². The third kappa shape index (κ3) is 2.84. The van der Waals surface area contributed by atoms with Crippen LogP contribution in [0.4, 0.5) is 5.82 Å². The van der Waals surface area contributed by atoms with Gasteiger partial charge in [0.05, 0.1) is 17.1 Å². The number of hydrogen-bond acceptors (Lipinski definition) is 3. The zero-order valence-corrected chi connectivity index (χ0v) is 17.8. The first-order chi connectivity index (χ1) is 16.3. The lowest BCUT2D eigenvalue weighted by Crippen LogP contribution is -2.03. The van der Waals surface area contributed by atoms with Gasteiger partial charge in [0, 0.05) is 48.0 Å². The van der Waals surface area contributed by atoms with E-state index in [1.165, 1.54) is 5.56 Å². The summed E-state index contributed by atoms with van der Waals surface area (Å²) in [5.41, 5.74) is 6.28. The van der Waals surface area contributed by atoms with Crippen LogP contribution in [0.2, 0.25) is 0 Å². The number of aromatic nitrogens is 5. The van der Waals surface area contributed by atoms with Gasteiger partial charge in [-0.3, -0.25) is 0 Å². The van der Waals surface area contributed by atoms with Crippen molar-refractivity contribution in [1.82, 2.24) is 23.7 Å². The van der Waals surface area contributed by atoms with Gasteiger partial charge in [-0.2, -0.15) is 0 Å². The second-order valence-electron chi connectivity index (χ2n) is 8.30. The lowest BCUT2D eigenvalue weighted by molar-refractivity contribution is 0.979. The minimum Gasteiger partial charge on any atom is -0.301 e. The Morgan fingerprint density at radius 2 is 1.21 bits per heavy atom. The molecule has 1 aliphatic heterocycles. The zero-order valence-electron chi connectivity index (χ0n) is 17.8. The van der Waals surface area contributed by atoms with E-state index in [0.717, 1.165) is 57.8 Å². The number of aliphatic imine (C=N–C) groups is 1. The maximum Gasteiger partial charge on any atom is 0.144 e. The van der Waals surface area contributed by atoms with Crippen molar-refractivity contribution in [3.63, 3.8) is 0 Å². The molecule has 6 heteroatoms. The number of rotatable bonds is 3. The van der Waals surface area contributed by atoms with Crippen molar-refractivity contribution in [1.29, 1.82) is 0 Å². The van der Waals surface area contributed by atoms with E-state index in [9.17, 15) is 0 Å². The monoisotopic (exact) mass is 428 g/mol. The largest absolute Gasteiger partial charge is 0.301 e. The van der Waals surface area contributed by atoms with Crippen LogP contribution in [0.25, 0.3) is 39.1 Å². The van der Waals surface area contributed by atoms with Gasteiger partial charge in [0.25, 0.3) is 0 Å². The molecule has 0 bridgehead atoms. The van der Waals surface area contributed by atoms with Crippen molar-refractivity contribution in [2.45, 2.75) is 12.8 Å². The molecule has 1 aromatic carbocycles. The predicted molar refractivity (Wildman–Crippen MR) is 131 cm³/mol. The molecule has 0 fully saturated rings. The van der Waals surface area contributed by atoms with E-state index in [1.807, 2.05) is 30.7 Å². The molecule has 7 rings (SSSR count). The van der Waals surface area contributed by atoms with Crippen LogP contribution in [-0.4, -0.2) is 29.9 Å². The summed E-state index contributed by atoms with van der Waals surface area (Å²) >= 11 is 0. The molecule has 0 atom stereocenters. The molecule has 0 amide bonds. The van der Waals surface area contributed by atoms with Gasteiger partial charge in [-0.1, -0.05) is 0 Å². The minimum atomic E-state index is 0.934. The molecule has 0 saturated carbocycles. The highest BCUT2D eigenvalue weighted by molar-refractivity contribution is 5.80. The molecule has 0 radical (unpaired) electrons. The fourth-order valence-electron chi connectivity index (χ4n) is 4.73. The lowest BCUT2D eigenvalue weighted by Gasteiger charge is -2.16. The SMILES string of the molecule is C1=Nc2c(ccn2-c2cc(-n3ccc4cccnc43)cc(-n3ccc4cccnc43)c2)CC1. The third-order valence-electron chi connectivity index (χ3n) is 6.31. The third-order valence-corrected chi connectivity index (χ3v) is 6.31. The Balaban J connectivity index is 1.50. The summed E-state index contributed by atoms with van der Waals surface area (Å²) in [6.07, 6.45) is 14.0. The Morgan fingerprint density at radius 1 is 0.636 bits per heavy atom. The molecule has 0 aliphatic carbocycles. The molecule has 158 valence electrons. The van der Waals surface area contributed by atoms with Crippen molar-refractivity contribution in [2.75, 3.05) is 0 Å². The first-order valence-corrected chi connectivity index (χ1v) is 11.1. The van der Waals surface area contributed by atoms with Crippen LogP contribution in [-0.2, 0) is 6.42 Å². The van der Waals surface area contributed by atoms with Crippen LogP contribution in [0.5, 0.6) is 0 Å². The molecule has 5 aromatic heterocycles. The van der Waals surface area contributed by atoms with Crippen LogP contribution in [0, 0.1) is 0 Å². The van der Waals surface area contributed by atoms with Crippen molar-refractivity contribution in [3.05, 3.63) is 97.2 Å². The molecule has 0 saturated heterocycles. The average molecular weight is 428 g/mol. The number of fused-ring (bicyclic) bond motifs is 3. The number of benzene rings is 1. The van der Waals surface area contributed by atoms with E-state index in [-0.39, 0.29) is 0 Å². The topological polar surface area (TPSA) is 52.9 Å². The van der Waals surface area contributed by atoms with Crippen LogP contribution in [0.15, 0.2) is 96.6 Å². The molecule has 6 aromatic rings. The minimum absolute atomic E-state index is 0.934. The summed E-state index contributed by atoms with van der Waals surface area (Å²) in [5.74, 6) is 1.01. The quantitative estimate of drug-likeness (QED) is 0.357. The Labute approximate surface area is 190 Å². The average Bonchev–Trinajstić information content (AvgIpc) is 3.60. The molecule has 0 N–H and O–H groups in total. The summed E-state index contributed by atoms with van der Waals surface area (Å²) in [6, 6.07) is 21.1. The van der Waals surface area contributed by atoms with Crippen LogP contribution in [0.1, 0.15) is 12.0 Å². The van der Waals surface area contributed by atoms with Crippen molar-refractivity contribution in [2.24, 2.45) is 4.99 Å². The second kappa shape index (κ2) is 7.03. The fourth-order valence-corrected chi connectivity index (χ4v) is 4.73. The summed E-state index contributed by atoms with van der Waals surface area (Å²) < 4.78 is 6.46. The maximum atomic E-state index is 4.71. The van der Waals surface area contributed by atoms with Gasteiger partial charge < -0.3 is 13.7 Å². The molecule has 1 aliphatic rings.